The number of halogens is 3. The van der Waals surface area contributed by atoms with E-state index >= 15 is 0 Å². The highest BCUT2D eigenvalue weighted by Gasteiger charge is 2.52. The maximum absolute atomic E-state index is 13.9. The van der Waals surface area contributed by atoms with Crippen LogP contribution in [0.25, 0.3) is 10.4 Å². The largest absolute Gasteiger partial charge is 0.491 e. The van der Waals surface area contributed by atoms with Crippen LogP contribution in [0.3, 0.4) is 0 Å². The molecule has 0 spiro atoms. The Morgan fingerprint density at radius 1 is 0.970 bits per heavy atom. The lowest BCUT2D eigenvalue weighted by Crippen LogP contribution is -2.58. The third-order valence-corrected chi connectivity index (χ3v) is 12.4. The highest BCUT2D eigenvalue weighted by molar-refractivity contribution is 7.13. The highest BCUT2D eigenvalue weighted by Crippen LogP contribution is 2.41. The number of thiazole rings is 1. The number of aliphatic hydroxyl groups is 2. The summed E-state index contributed by atoms with van der Waals surface area (Å²) in [5, 5.41) is 36.6. The van der Waals surface area contributed by atoms with E-state index in [1.807, 2.05) is 31.2 Å². The molecule has 2 aliphatic rings. The summed E-state index contributed by atoms with van der Waals surface area (Å²) in [5.41, 5.74) is 0.838. The molecule has 4 atom stereocenters. The van der Waals surface area contributed by atoms with E-state index in [0.29, 0.717) is 17.5 Å². The van der Waals surface area contributed by atoms with Gasteiger partial charge in [-0.05, 0) is 79.8 Å². The number of β-amino-alcohol motifs (C(OH)–C–C–N with tert-alkyl or cyclic N) is 1. The molecule has 4 aromatic rings. The van der Waals surface area contributed by atoms with Gasteiger partial charge in [-0.3, -0.25) is 24.1 Å². The zero-order chi connectivity index (χ0) is 48.8. The normalized spacial score (nSPS) is 18.7. The van der Waals surface area contributed by atoms with Crippen LogP contribution < -0.4 is 25.2 Å². The number of nitrogens with zero attached hydrogens (tertiary/aromatic N) is 5. The summed E-state index contributed by atoms with van der Waals surface area (Å²) in [7, 11) is 0. The van der Waals surface area contributed by atoms with Gasteiger partial charge < -0.3 is 44.9 Å². The van der Waals surface area contributed by atoms with Crippen molar-refractivity contribution in [2.45, 2.75) is 90.8 Å². The monoisotopic (exact) mass is 949 g/mol. The average molecular weight is 950 g/mol. The number of amides is 4. The van der Waals surface area contributed by atoms with Crippen LogP contribution in [0.2, 0.25) is 0 Å². The molecule has 2 saturated heterocycles. The molecule has 67 heavy (non-hydrogen) atoms. The first kappa shape index (κ1) is 50.3. The number of hydrogen-bond acceptors (Lipinski definition) is 13. The van der Waals surface area contributed by atoms with Crippen LogP contribution in [0, 0.1) is 23.7 Å². The maximum atomic E-state index is 13.9. The third-order valence-electron chi connectivity index (χ3n) is 11.4. The molecule has 1 aromatic heterocycles. The number of aryl methyl sites for hydroxylation is 1. The second kappa shape index (κ2) is 20.8. The molecule has 3 heterocycles. The minimum Gasteiger partial charge on any atom is -0.491 e. The minimum absolute atomic E-state index is 0.0497. The van der Waals surface area contributed by atoms with E-state index in [0.717, 1.165) is 32.7 Å². The van der Waals surface area contributed by atoms with Gasteiger partial charge >= 0.3 is 6.18 Å². The fourth-order valence-corrected chi connectivity index (χ4v) is 8.73. The molecule has 0 saturated carbocycles. The van der Waals surface area contributed by atoms with E-state index in [9.17, 15) is 42.6 Å². The zero-order valence-corrected chi connectivity index (χ0v) is 38.7. The first-order valence-corrected chi connectivity index (χ1v) is 22.4. The number of nitriles is 1. The lowest BCUT2D eigenvalue weighted by molar-refractivity contribution is -0.144. The number of rotatable bonds is 17. The number of carbonyl (C=O) groups excluding carboxylic acids is 4. The van der Waals surface area contributed by atoms with Crippen LogP contribution in [0.1, 0.15) is 63.4 Å². The molecule has 1 unspecified atom stereocenters. The summed E-state index contributed by atoms with van der Waals surface area (Å²) in [5.74, 6) is -1.68. The van der Waals surface area contributed by atoms with Crippen LogP contribution in [0.4, 0.5) is 24.5 Å². The van der Waals surface area contributed by atoms with Gasteiger partial charge in [0, 0.05) is 30.9 Å². The van der Waals surface area contributed by atoms with Crippen LogP contribution >= 0.6 is 11.3 Å². The lowest BCUT2D eigenvalue weighted by atomic mass is 9.85. The number of aliphatic hydroxyl groups excluding tert-OH is 2. The fourth-order valence-electron chi connectivity index (χ4n) is 7.92. The number of nitrogens with one attached hydrogen (secondary N) is 2. The van der Waals surface area contributed by atoms with Crippen LogP contribution in [0.5, 0.6) is 5.75 Å². The molecule has 358 valence electrons. The van der Waals surface area contributed by atoms with E-state index in [2.05, 4.69) is 15.6 Å². The number of carbonyl (C=O) groups is 4. The highest BCUT2D eigenvalue weighted by atomic mass is 32.1. The Morgan fingerprint density at radius 3 is 2.25 bits per heavy atom. The Morgan fingerprint density at radius 2 is 1.63 bits per heavy atom. The van der Waals surface area contributed by atoms with E-state index in [-0.39, 0.29) is 58.2 Å². The molecule has 2 fully saturated rings. The van der Waals surface area contributed by atoms with Gasteiger partial charge in [-0.1, -0.05) is 45.0 Å². The van der Waals surface area contributed by atoms with Gasteiger partial charge in [0.25, 0.3) is 5.91 Å². The van der Waals surface area contributed by atoms with Crippen molar-refractivity contribution in [3.05, 3.63) is 94.6 Å². The van der Waals surface area contributed by atoms with Crippen molar-refractivity contribution < 1.29 is 56.8 Å². The van der Waals surface area contributed by atoms with Crippen molar-refractivity contribution in [2.24, 2.45) is 5.41 Å². The van der Waals surface area contributed by atoms with Gasteiger partial charge in [-0.2, -0.15) is 18.4 Å². The maximum Gasteiger partial charge on any atom is 0.417 e. The molecule has 4 amide bonds. The Labute approximate surface area is 390 Å². The van der Waals surface area contributed by atoms with E-state index in [4.69, 9.17) is 19.5 Å². The van der Waals surface area contributed by atoms with E-state index in [1.165, 1.54) is 35.8 Å². The van der Waals surface area contributed by atoms with Gasteiger partial charge in [-0.25, -0.2) is 4.98 Å². The predicted octanol–water partition coefficient (Wildman–Crippen LogP) is 5.14. The molecule has 3 aromatic carbocycles. The second-order valence-corrected chi connectivity index (χ2v) is 18.6. The Bertz CT molecular complexity index is 2450. The summed E-state index contributed by atoms with van der Waals surface area (Å²) in [4.78, 5) is 62.7. The van der Waals surface area contributed by atoms with Gasteiger partial charge in [0.05, 0.1) is 59.2 Å². The zero-order valence-electron chi connectivity index (χ0n) is 37.9. The Kier molecular flexibility index (Phi) is 15.6. The molecular weight excluding hydrogens is 896 g/mol. The number of benzene rings is 3. The Balaban J connectivity index is 0.920. The van der Waals surface area contributed by atoms with Crippen LogP contribution in [-0.4, -0.2) is 113 Å². The molecule has 0 bridgehead atoms. The van der Waals surface area contributed by atoms with Gasteiger partial charge in [0.2, 0.25) is 24.1 Å². The number of aromatic nitrogens is 1. The number of alkyl halides is 3. The van der Waals surface area contributed by atoms with Crippen molar-refractivity contribution in [3.8, 4) is 22.3 Å². The summed E-state index contributed by atoms with van der Waals surface area (Å²) in [6.45, 7) is 10.6. The smallest absolute Gasteiger partial charge is 0.417 e. The molecule has 20 heteroatoms. The number of hydrogen-bond donors (Lipinski definition) is 4. The first-order chi connectivity index (χ1) is 31.6. The fraction of sp³-hybridized carbons (Fsp3) is 0.447. The van der Waals surface area contributed by atoms with Crippen molar-refractivity contribution >= 4 is 46.3 Å². The summed E-state index contributed by atoms with van der Waals surface area (Å²) in [6, 6.07) is 16.5. The summed E-state index contributed by atoms with van der Waals surface area (Å²) < 4.78 is 57.9. The molecule has 6 rings (SSSR count). The average Bonchev–Trinajstić information content (AvgIpc) is 3.94. The van der Waals surface area contributed by atoms with Gasteiger partial charge in [0.1, 0.15) is 36.6 Å². The van der Waals surface area contributed by atoms with Gasteiger partial charge in [-0.15, -0.1) is 11.3 Å². The van der Waals surface area contributed by atoms with E-state index < -0.39 is 76.4 Å². The molecule has 4 N–H and O–H groups in total. The predicted molar refractivity (Wildman–Crippen MR) is 241 cm³/mol. The topological polar surface area (TPSA) is 207 Å². The molecule has 0 aliphatic carbocycles. The second-order valence-electron chi connectivity index (χ2n) is 17.7. The van der Waals surface area contributed by atoms with Crippen molar-refractivity contribution in [1.29, 1.82) is 5.26 Å². The lowest BCUT2D eigenvalue weighted by Gasteiger charge is -2.35. The van der Waals surface area contributed by atoms with Crippen molar-refractivity contribution in [2.75, 3.05) is 49.4 Å². The first-order valence-electron chi connectivity index (χ1n) is 21.5. The van der Waals surface area contributed by atoms with Crippen LogP contribution in [0.15, 0.2) is 72.2 Å². The SMILES string of the molecule is Cc1ncsc1-c1ccc(CNC(=O)[C@@H]2C[C@@H](O)CN2C(=O)[C@@H](NC(=O)COCCOCCOc2ccc(N3C(O)N(c4ccc(C#N)c(C(F)(F)F)c4)C(=O)C3(C)C)cc2)C(C)(C)C)cc1. The Hall–Kier alpha value is -6.11. The van der Waals surface area contributed by atoms with Crippen molar-refractivity contribution in [3.63, 3.8) is 0 Å². The third kappa shape index (κ3) is 11.7. The quantitative estimate of drug-likeness (QED) is 0.102. The molecule has 16 nitrogen and oxygen atoms in total. The summed E-state index contributed by atoms with van der Waals surface area (Å²) >= 11 is 1.55. The number of anilines is 2. The summed E-state index contributed by atoms with van der Waals surface area (Å²) in [6.07, 6.45) is -7.37. The van der Waals surface area contributed by atoms with Crippen LogP contribution in [-0.2, 0) is 41.4 Å². The molecule has 0 radical (unpaired) electrons. The standard InChI is InChI=1S/C47H54F3N7O9S/c1-28-39(67-27-53-28)30-9-7-29(8-10-30)24-52-41(60)37-22-34(58)25-55(37)42(61)40(45(2,3)4)54-38(59)26-65-18-17-64-19-20-66-35-15-13-32(14-16-35)57-44(63)56(43(62)46(57,5)6)33-12-11-31(23-51)36(21-33)47(48,49)50/h7-16,21,27,34,37,40,44,58,63H,17-20,22,24-26H2,1-6H3,(H,52,60)(H,54,59)/t34-,37+,40-,44?/m1/s1. The van der Waals surface area contributed by atoms with Gasteiger partial charge in [0.15, 0.2) is 0 Å². The van der Waals surface area contributed by atoms with E-state index in [1.54, 1.807) is 61.9 Å². The molecular formula is C47H54F3N7O9S. The number of likely N-dealkylation sites (tertiary alicyclic amines) is 1. The minimum atomic E-state index is -4.85. The number of ether oxygens (including phenoxy) is 3. The van der Waals surface area contributed by atoms with Crippen molar-refractivity contribution in [1.82, 2.24) is 20.5 Å². The molecule has 2 aliphatic heterocycles.